The van der Waals surface area contributed by atoms with E-state index in [2.05, 4.69) is 32.9 Å². The second-order valence-electron chi connectivity index (χ2n) is 16.5. The van der Waals surface area contributed by atoms with E-state index < -0.39 is 49.3 Å². The summed E-state index contributed by atoms with van der Waals surface area (Å²) in [6, 6.07) is 0. The minimum absolute atomic E-state index is 0.0543. The molecule has 14 heteroatoms. The molecule has 8 saturated heterocycles. The maximum absolute atomic E-state index is 13.2. The van der Waals surface area contributed by atoms with Gasteiger partial charge < -0.3 is 18.9 Å². The number of nitrogens with zero attached hydrogens (tertiary/aromatic N) is 1. The van der Waals surface area contributed by atoms with Crippen molar-refractivity contribution in [3.8, 4) is 0 Å². The van der Waals surface area contributed by atoms with Crippen LogP contribution in [0.2, 0.25) is 0 Å². The van der Waals surface area contributed by atoms with Crippen molar-refractivity contribution in [3.05, 3.63) is 0 Å². The highest BCUT2D eigenvalue weighted by Crippen LogP contribution is 2.63. The molecule has 0 unspecified atom stereocenters. The average Bonchev–Trinajstić information content (AvgIpc) is 3.44. The van der Waals surface area contributed by atoms with Crippen LogP contribution in [-0.4, -0.2) is 67.5 Å². The summed E-state index contributed by atoms with van der Waals surface area (Å²) in [5.41, 5.74) is -0.875. The van der Waals surface area contributed by atoms with Gasteiger partial charge in [0.2, 0.25) is 11.6 Å². The molecule has 2 spiro atoms. The maximum Gasteiger partial charge on any atom is 0.549 e. The number of rotatable bonds is 7. The summed E-state index contributed by atoms with van der Waals surface area (Å²) in [5, 5.41) is 4.55. The van der Waals surface area contributed by atoms with Crippen molar-refractivity contribution in [2.45, 2.75) is 147 Å². The van der Waals surface area contributed by atoms with Gasteiger partial charge in [-0.1, -0.05) is 32.9 Å². The molecule has 2 aliphatic carbocycles. The van der Waals surface area contributed by atoms with Crippen molar-refractivity contribution in [2.24, 2.45) is 52.5 Å². The molecule has 0 aromatic rings. The van der Waals surface area contributed by atoms with Crippen molar-refractivity contribution in [1.82, 2.24) is 0 Å². The fourth-order valence-electron chi connectivity index (χ4n) is 11.2. The lowest BCUT2D eigenvalue weighted by atomic mass is 9.56. The van der Waals surface area contributed by atoms with Gasteiger partial charge in [0.25, 0.3) is 0 Å². The zero-order valence-electron chi connectivity index (χ0n) is 29.6. The lowest BCUT2D eigenvalue weighted by Crippen LogP contribution is -2.71. The van der Waals surface area contributed by atoms with E-state index >= 15 is 0 Å². The number of hydrogen-bond donors (Lipinski definition) is 0. The fourth-order valence-corrected chi connectivity index (χ4v) is 11.6. The van der Waals surface area contributed by atoms with Crippen LogP contribution in [0.4, 0.5) is 0 Å². The number of fused-ring (bicyclic) bond motifs is 4. The summed E-state index contributed by atoms with van der Waals surface area (Å²) in [7, 11) is -1.41. The zero-order valence-corrected chi connectivity index (χ0v) is 30.5. The second kappa shape index (κ2) is 11.9. The molecule has 0 aromatic carbocycles. The molecule has 0 amide bonds. The quantitative estimate of drug-likeness (QED) is 0.122. The maximum atomic E-state index is 13.2. The second-order valence-corrected chi connectivity index (χ2v) is 18.2. The zero-order chi connectivity index (χ0) is 33.9. The number of oxime groups is 1. The molecular weight excluding hydrogens is 645 g/mol. The van der Waals surface area contributed by atoms with Gasteiger partial charge >= 0.3 is 7.82 Å². The Morgan fingerprint density at radius 2 is 1.23 bits per heavy atom. The molecular formula is C34H54NO12P. The molecule has 8 heterocycles. The van der Waals surface area contributed by atoms with Gasteiger partial charge in [-0.25, -0.2) is 24.1 Å². The topological polar surface area (TPSA) is 131 Å². The Labute approximate surface area is 283 Å². The third kappa shape index (κ3) is 5.00. The Balaban J connectivity index is 1.14. The predicted octanol–water partition coefficient (Wildman–Crippen LogP) is 6.65. The summed E-state index contributed by atoms with van der Waals surface area (Å²) in [6.07, 6.45) is 5.58. The molecule has 272 valence electrons. The van der Waals surface area contributed by atoms with Gasteiger partial charge in [0.05, 0.1) is 11.8 Å². The van der Waals surface area contributed by atoms with Crippen LogP contribution in [0, 0.1) is 47.3 Å². The van der Waals surface area contributed by atoms with Gasteiger partial charge in [-0.15, -0.1) is 0 Å². The van der Waals surface area contributed by atoms with Gasteiger partial charge in [-0.05, 0) is 87.9 Å². The molecule has 0 radical (unpaired) electrons. The molecule has 8 aliphatic heterocycles. The van der Waals surface area contributed by atoms with Crippen LogP contribution >= 0.6 is 7.82 Å². The minimum Gasteiger partial charge on any atom is -0.345 e. The highest BCUT2D eigenvalue weighted by molar-refractivity contribution is 7.48. The largest absolute Gasteiger partial charge is 0.549 e. The fraction of sp³-hybridized carbons (Fsp3) is 0.971. The number of phosphoric acid groups is 1. The summed E-state index contributed by atoms with van der Waals surface area (Å²) < 4.78 is 56.2. The van der Waals surface area contributed by atoms with Crippen LogP contribution < -0.4 is 0 Å². The van der Waals surface area contributed by atoms with Crippen LogP contribution in [0.5, 0.6) is 0 Å². The molecule has 48 heavy (non-hydrogen) atoms. The van der Waals surface area contributed by atoms with E-state index in [4.69, 9.17) is 52.2 Å². The third-order valence-corrected chi connectivity index (χ3v) is 15.1. The average molecular weight is 700 g/mol. The van der Waals surface area contributed by atoms with Crippen molar-refractivity contribution in [1.29, 1.82) is 0 Å². The van der Waals surface area contributed by atoms with Crippen LogP contribution in [0.3, 0.4) is 0 Å². The van der Waals surface area contributed by atoms with Gasteiger partial charge in [-0.3, -0.25) is 13.7 Å². The van der Waals surface area contributed by atoms with Crippen molar-refractivity contribution < 1.29 is 56.7 Å². The molecule has 13 nitrogen and oxygen atoms in total. The monoisotopic (exact) mass is 699 g/mol. The van der Waals surface area contributed by atoms with Gasteiger partial charge in [0.15, 0.2) is 23.8 Å². The Hall–Kier alpha value is -0.700. The first kappa shape index (κ1) is 34.4. The molecule has 0 aromatic heterocycles. The molecule has 10 aliphatic rings. The molecule has 10 rings (SSSR count). The highest BCUT2D eigenvalue weighted by atomic mass is 31.2. The van der Waals surface area contributed by atoms with E-state index in [9.17, 15) is 4.57 Å². The van der Waals surface area contributed by atoms with E-state index in [1.54, 1.807) is 0 Å². The summed E-state index contributed by atoms with van der Waals surface area (Å²) in [6.45, 7) is 12.8. The Morgan fingerprint density at radius 3 is 1.77 bits per heavy atom. The first-order valence-electron chi connectivity index (χ1n) is 18.2. The van der Waals surface area contributed by atoms with Gasteiger partial charge in [0, 0.05) is 45.3 Å². The van der Waals surface area contributed by atoms with E-state index in [0.717, 1.165) is 44.9 Å². The first-order valence-corrected chi connectivity index (χ1v) is 19.6. The van der Waals surface area contributed by atoms with Crippen LogP contribution in [0.15, 0.2) is 5.16 Å². The summed E-state index contributed by atoms with van der Waals surface area (Å²) in [4.78, 5) is 24.8. The predicted molar refractivity (Wildman–Crippen MR) is 168 cm³/mol. The Bertz CT molecular complexity index is 1330. The molecule has 4 bridgehead atoms. The lowest BCUT2D eigenvalue weighted by Gasteiger charge is -2.61. The van der Waals surface area contributed by atoms with E-state index in [1.165, 1.54) is 14.2 Å². The van der Waals surface area contributed by atoms with Crippen molar-refractivity contribution in [2.75, 3.05) is 14.2 Å². The molecule has 0 N–H and O–H groups in total. The summed E-state index contributed by atoms with van der Waals surface area (Å²) in [5.74, 6) is -0.250. The Morgan fingerprint density at radius 1 is 0.708 bits per heavy atom. The third-order valence-electron chi connectivity index (χ3n) is 13.9. The normalized spacial score (nSPS) is 54.5. The van der Waals surface area contributed by atoms with Crippen LogP contribution in [-0.2, 0) is 56.7 Å². The van der Waals surface area contributed by atoms with Crippen molar-refractivity contribution >= 4 is 13.5 Å². The van der Waals surface area contributed by atoms with E-state index in [-0.39, 0.29) is 41.6 Å². The lowest BCUT2D eigenvalue weighted by molar-refractivity contribution is -0.571. The number of ether oxygens (including phenoxy) is 4. The Kier molecular flexibility index (Phi) is 8.54. The number of phosphoric ester groups is 1. The van der Waals surface area contributed by atoms with E-state index in [0.29, 0.717) is 30.4 Å². The standard InChI is InChI=1S/C34H54NO12P/c1-18-9-11-24-20(3)27(39-29-33(24)22(18)13-15-31(5,41-29)43-45-33)17-26(35-47-48(36,37-7)38-8)28-21(4)25-12-10-19(2)23-14-16-32(6)42-30(40-28)34(23,25)46-44-32/h18-25,27-30H,9-17H2,1-8H3/b35-26-/t18-,19-,20-,21-,22+,23+,24+,25+,27-,28+,29-,30-,31-,32-,33-,34-/m1/s1. The van der Waals surface area contributed by atoms with E-state index in [1.807, 2.05) is 13.8 Å². The smallest absolute Gasteiger partial charge is 0.345 e. The summed E-state index contributed by atoms with van der Waals surface area (Å²) >= 11 is 0. The first-order chi connectivity index (χ1) is 22.8. The highest BCUT2D eigenvalue weighted by Gasteiger charge is 2.71. The van der Waals surface area contributed by atoms with Crippen molar-refractivity contribution in [3.63, 3.8) is 0 Å². The van der Waals surface area contributed by atoms with Gasteiger partial charge in [0.1, 0.15) is 6.10 Å². The van der Waals surface area contributed by atoms with Crippen LogP contribution in [0.1, 0.15) is 99.3 Å². The molecule has 10 fully saturated rings. The SMILES string of the molecule is COP(=O)(OC)O/N=C(/C[C@H]1O[C@@H]2O[C@@]3(C)CC[C@H]4[C@H](C)CC[C@@H]([C@H]1C)[C@@]24OO3)[C@H]1O[C@@H]2O[C@@]3(C)CC[C@H]4[C@H](C)CC[C@@H]([C@H]1C)[C@@]24OO3. The number of hydrogen-bond acceptors (Lipinski definition) is 13. The molecule has 2 saturated carbocycles. The molecule has 16 atom stereocenters. The van der Waals surface area contributed by atoms with Crippen LogP contribution in [0.25, 0.3) is 0 Å². The minimum atomic E-state index is -3.96. The van der Waals surface area contributed by atoms with Gasteiger partial charge in [-0.2, -0.15) is 0 Å².